The molecule has 0 unspecified atom stereocenters. The number of aliphatic carboxylic acids is 1. The molecule has 0 aliphatic carbocycles. The van der Waals surface area contributed by atoms with Crippen molar-refractivity contribution >= 4 is 11.8 Å². The summed E-state index contributed by atoms with van der Waals surface area (Å²) in [7, 11) is 1.07. The Kier molecular flexibility index (Phi) is 4.08. The zero-order valence-corrected chi connectivity index (χ0v) is 9.09. The quantitative estimate of drug-likeness (QED) is 0.638. The van der Waals surface area contributed by atoms with Gasteiger partial charge in [-0.3, -0.25) is 4.79 Å². The molecular formula is C9H8F2N2O5. The van der Waals surface area contributed by atoms with E-state index in [2.05, 4.69) is 9.72 Å². The number of hydrogen-bond donors (Lipinski definition) is 1. The van der Waals surface area contributed by atoms with E-state index in [1.54, 1.807) is 0 Å². The summed E-state index contributed by atoms with van der Waals surface area (Å²) in [5, 5.41) is 19.3. The Morgan fingerprint density at radius 3 is 2.67 bits per heavy atom. The van der Waals surface area contributed by atoms with Gasteiger partial charge >= 0.3 is 18.2 Å². The molecule has 1 aromatic heterocycles. The van der Waals surface area contributed by atoms with Crippen molar-refractivity contribution in [2.75, 3.05) is 7.11 Å². The smallest absolute Gasteiger partial charge is 0.406 e. The Morgan fingerprint density at radius 1 is 1.67 bits per heavy atom. The summed E-state index contributed by atoms with van der Waals surface area (Å²) >= 11 is 0. The number of nitrogens with zero attached hydrogens (tertiary/aromatic N) is 2. The van der Waals surface area contributed by atoms with Crippen molar-refractivity contribution < 1.29 is 28.3 Å². The number of rotatable bonds is 5. The van der Waals surface area contributed by atoms with Gasteiger partial charge < -0.3 is 20.0 Å². The highest BCUT2D eigenvalue weighted by molar-refractivity contribution is 5.72. The molecule has 0 aliphatic heterocycles. The molecular weight excluding hydrogens is 254 g/mol. The average Bonchev–Trinajstić information content (AvgIpc) is 2.26. The number of carbonyl (C=O) groups is 1. The van der Waals surface area contributed by atoms with Gasteiger partial charge in [0.15, 0.2) is 0 Å². The van der Waals surface area contributed by atoms with E-state index >= 15 is 0 Å². The molecule has 0 radical (unpaired) electrons. The van der Waals surface area contributed by atoms with E-state index in [0.717, 1.165) is 13.2 Å². The number of alkyl halides is 2. The second-order valence-electron chi connectivity index (χ2n) is 3.19. The van der Waals surface area contributed by atoms with Crippen LogP contribution in [0.15, 0.2) is 6.07 Å². The summed E-state index contributed by atoms with van der Waals surface area (Å²) in [6, 6.07) is 0.782. The number of carboxylic acids is 1. The lowest BCUT2D eigenvalue weighted by Crippen LogP contribution is -2.08. The van der Waals surface area contributed by atoms with Crippen molar-refractivity contribution in [2.45, 2.75) is 12.8 Å². The highest BCUT2D eigenvalue weighted by Gasteiger charge is 2.28. The standard InChI is InChI=1S/C9H8F2N2O5/c1-18-7-4(3-6(14)15)2-5(8(10)11)12-9(7)13(16)17/h2,8H,3H2,1H3,(H,14,15). The lowest BCUT2D eigenvalue weighted by molar-refractivity contribution is -0.390. The van der Waals surface area contributed by atoms with E-state index in [0.29, 0.717) is 0 Å². The van der Waals surface area contributed by atoms with Crippen LogP contribution in [-0.2, 0) is 11.2 Å². The van der Waals surface area contributed by atoms with Gasteiger partial charge in [0.25, 0.3) is 0 Å². The molecule has 0 spiro atoms. The first-order valence-electron chi connectivity index (χ1n) is 4.59. The van der Waals surface area contributed by atoms with Gasteiger partial charge in [-0.2, -0.15) is 0 Å². The maximum Gasteiger partial charge on any atom is 0.406 e. The van der Waals surface area contributed by atoms with Gasteiger partial charge in [0.2, 0.25) is 11.4 Å². The minimum atomic E-state index is -3.04. The van der Waals surface area contributed by atoms with E-state index in [1.807, 2.05) is 0 Å². The molecule has 18 heavy (non-hydrogen) atoms. The number of aromatic nitrogens is 1. The maximum absolute atomic E-state index is 12.5. The van der Waals surface area contributed by atoms with Crippen LogP contribution in [0.4, 0.5) is 14.6 Å². The predicted octanol–water partition coefficient (Wildman–Crippen LogP) is 1.56. The van der Waals surface area contributed by atoms with Crippen LogP contribution in [0.1, 0.15) is 17.7 Å². The van der Waals surface area contributed by atoms with Gasteiger partial charge in [0.05, 0.1) is 13.5 Å². The van der Waals surface area contributed by atoms with Crippen molar-refractivity contribution in [3.63, 3.8) is 0 Å². The molecule has 98 valence electrons. The fourth-order valence-electron chi connectivity index (χ4n) is 1.35. The van der Waals surface area contributed by atoms with E-state index < -0.39 is 41.0 Å². The van der Waals surface area contributed by atoms with Crippen LogP contribution in [-0.4, -0.2) is 28.1 Å². The molecule has 9 heteroatoms. The second-order valence-corrected chi connectivity index (χ2v) is 3.19. The summed E-state index contributed by atoms with van der Waals surface area (Å²) in [4.78, 5) is 23.4. The molecule has 0 amide bonds. The third kappa shape index (κ3) is 2.87. The number of ether oxygens (including phenoxy) is 1. The largest absolute Gasteiger partial charge is 0.489 e. The van der Waals surface area contributed by atoms with Crippen molar-refractivity contribution in [1.29, 1.82) is 0 Å². The summed E-state index contributed by atoms with van der Waals surface area (Å²) in [6.45, 7) is 0. The average molecular weight is 262 g/mol. The SMILES string of the molecule is COc1c(CC(=O)O)cc(C(F)F)nc1[N+](=O)[O-]. The molecule has 1 heterocycles. The maximum atomic E-state index is 12.5. The number of methoxy groups -OCH3 is 1. The fraction of sp³-hybridized carbons (Fsp3) is 0.333. The van der Waals surface area contributed by atoms with Gasteiger partial charge in [-0.05, 0) is 16.0 Å². The van der Waals surface area contributed by atoms with E-state index in [4.69, 9.17) is 5.11 Å². The molecule has 0 aliphatic rings. The second kappa shape index (κ2) is 5.34. The Labute approximate surface area is 99.2 Å². The Bertz CT molecular complexity index is 492. The number of hydrogen-bond acceptors (Lipinski definition) is 5. The summed E-state index contributed by atoms with van der Waals surface area (Å²) in [6.07, 6.45) is -3.71. The minimum absolute atomic E-state index is 0.220. The van der Waals surface area contributed by atoms with Gasteiger partial charge in [-0.1, -0.05) is 0 Å². The van der Waals surface area contributed by atoms with E-state index in [9.17, 15) is 23.7 Å². The van der Waals surface area contributed by atoms with Crippen LogP contribution in [0.2, 0.25) is 0 Å². The van der Waals surface area contributed by atoms with E-state index in [-0.39, 0.29) is 5.56 Å². The predicted molar refractivity (Wildman–Crippen MR) is 53.7 cm³/mol. The van der Waals surface area contributed by atoms with Crippen LogP contribution >= 0.6 is 0 Å². The minimum Gasteiger partial charge on any atom is -0.489 e. The van der Waals surface area contributed by atoms with Crippen LogP contribution in [0.5, 0.6) is 5.75 Å². The molecule has 7 nitrogen and oxygen atoms in total. The third-order valence-electron chi connectivity index (χ3n) is 1.99. The lowest BCUT2D eigenvalue weighted by Gasteiger charge is -2.07. The van der Waals surface area contributed by atoms with Gasteiger partial charge in [0, 0.05) is 5.56 Å². The van der Waals surface area contributed by atoms with Crippen molar-refractivity contribution in [3.05, 3.63) is 27.4 Å². The molecule has 1 N–H and O–H groups in total. The van der Waals surface area contributed by atoms with Gasteiger partial charge in [-0.25, -0.2) is 8.78 Å². The normalized spacial score (nSPS) is 10.4. The molecule has 1 rings (SSSR count). The highest BCUT2D eigenvalue weighted by atomic mass is 19.3. The molecule has 1 aromatic rings. The summed E-state index contributed by atoms with van der Waals surface area (Å²) < 4.78 is 29.6. The van der Waals surface area contributed by atoms with Crippen LogP contribution < -0.4 is 4.74 Å². The monoisotopic (exact) mass is 262 g/mol. The first kappa shape index (κ1) is 13.7. The number of carboxylic acid groups (broad SMARTS) is 1. The van der Waals surface area contributed by atoms with Gasteiger partial charge in [-0.15, -0.1) is 0 Å². The molecule has 0 saturated carbocycles. The zero-order chi connectivity index (χ0) is 13.9. The molecule has 0 atom stereocenters. The number of pyridine rings is 1. The van der Waals surface area contributed by atoms with E-state index in [1.165, 1.54) is 0 Å². The fourth-order valence-corrected chi connectivity index (χ4v) is 1.35. The van der Waals surface area contributed by atoms with Crippen LogP contribution in [0.25, 0.3) is 0 Å². The topological polar surface area (TPSA) is 103 Å². The van der Waals surface area contributed by atoms with Crippen LogP contribution in [0.3, 0.4) is 0 Å². The third-order valence-corrected chi connectivity index (χ3v) is 1.99. The molecule has 0 fully saturated rings. The molecule has 0 aromatic carbocycles. The molecule has 0 bridgehead atoms. The van der Waals surface area contributed by atoms with Crippen molar-refractivity contribution in [3.8, 4) is 5.75 Å². The van der Waals surface area contributed by atoms with Crippen molar-refractivity contribution in [1.82, 2.24) is 4.98 Å². The van der Waals surface area contributed by atoms with Gasteiger partial charge in [0.1, 0.15) is 0 Å². The number of halogens is 2. The Morgan fingerprint density at radius 2 is 2.28 bits per heavy atom. The highest BCUT2D eigenvalue weighted by Crippen LogP contribution is 2.32. The Balaban J connectivity index is 3.45. The number of nitro groups is 1. The summed E-state index contributed by atoms with van der Waals surface area (Å²) in [5.41, 5.74) is -1.08. The first-order valence-corrected chi connectivity index (χ1v) is 4.59. The first-order chi connectivity index (χ1) is 8.36. The summed E-state index contributed by atoms with van der Waals surface area (Å²) in [5.74, 6) is -2.67. The molecule has 0 saturated heterocycles. The lowest BCUT2D eigenvalue weighted by atomic mass is 10.1. The zero-order valence-electron chi connectivity index (χ0n) is 9.09. The van der Waals surface area contributed by atoms with Crippen molar-refractivity contribution in [2.24, 2.45) is 0 Å². The Hall–Kier alpha value is -2.32. The van der Waals surface area contributed by atoms with Crippen LogP contribution in [0, 0.1) is 10.1 Å².